The van der Waals surface area contributed by atoms with Crippen LogP contribution in [-0.2, 0) is 25.3 Å². The molecule has 0 spiro atoms. The van der Waals surface area contributed by atoms with E-state index in [1.165, 1.54) is 0 Å². The Balaban J connectivity index is 1.66. The molecular formula is C16H22N2O4S. The highest BCUT2D eigenvalue weighted by Crippen LogP contribution is 2.20. The van der Waals surface area contributed by atoms with Crippen molar-refractivity contribution in [2.45, 2.75) is 37.5 Å². The molecule has 2 fully saturated rings. The third-order valence-corrected chi connectivity index (χ3v) is 6.07. The van der Waals surface area contributed by atoms with E-state index in [2.05, 4.69) is 5.32 Å². The van der Waals surface area contributed by atoms with Gasteiger partial charge in [-0.15, -0.1) is 0 Å². The Morgan fingerprint density at radius 2 is 2.04 bits per heavy atom. The molecule has 0 aliphatic carbocycles. The molecule has 3 rings (SSSR count). The minimum Gasteiger partial charge on any atom is -0.368 e. The quantitative estimate of drug-likeness (QED) is 0.887. The van der Waals surface area contributed by atoms with E-state index in [0.29, 0.717) is 30.9 Å². The standard InChI is InChI=1S/C16H22N2O4S/c19-16(15-7-4-10-22-15)17-14-6-3-5-13(11-14)12-23(20,21)18-8-1-2-9-18/h3,5-6,11,15H,1-2,4,7-10,12H2,(H,17,19). The third kappa shape index (κ3) is 4.10. The molecule has 1 N–H and O–H groups in total. The first-order chi connectivity index (χ1) is 11.0. The molecule has 1 aromatic carbocycles. The molecule has 1 unspecified atom stereocenters. The van der Waals surface area contributed by atoms with Gasteiger partial charge in [0.25, 0.3) is 5.91 Å². The van der Waals surface area contributed by atoms with Crippen molar-refractivity contribution in [3.05, 3.63) is 29.8 Å². The number of rotatable bonds is 5. The maximum Gasteiger partial charge on any atom is 0.253 e. The summed E-state index contributed by atoms with van der Waals surface area (Å²) < 4.78 is 31.6. The summed E-state index contributed by atoms with van der Waals surface area (Å²) in [6.45, 7) is 1.84. The fraction of sp³-hybridized carbons (Fsp3) is 0.562. The van der Waals surface area contributed by atoms with Crippen LogP contribution in [0.15, 0.2) is 24.3 Å². The van der Waals surface area contributed by atoms with Crippen LogP contribution in [0.25, 0.3) is 0 Å². The minimum absolute atomic E-state index is 0.0311. The van der Waals surface area contributed by atoms with Gasteiger partial charge in [0.05, 0.1) is 5.75 Å². The Morgan fingerprint density at radius 1 is 1.26 bits per heavy atom. The molecule has 2 saturated heterocycles. The van der Waals surface area contributed by atoms with Gasteiger partial charge >= 0.3 is 0 Å². The fourth-order valence-corrected chi connectivity index (χ4v) is 4.61. The number of amides is 1. The molecule has 1 atom stereocenters. The van der Waals surface area contributed by atoms with Crippen molar-refractivity contribution >= 4 is 21.6 Å². The van der Waals surface area contributed by atoms with E-state index in [1.54, 1.807) is 28.6 Å². The molecule has 23 heavy (non-hydrogen) atoms. The predicted octanol–water partition coefficient (Wildman–Crippen LogP) is 1.73. The first kappa shape index (κ1) is 16.4. The molecule has 0 radical (unpaired) electrons. The lowest BCUT2D eigenvalue weighted by atomic mass is 10.2. The van der Waals surface area contributed by atoms with E-state index in [-0.39, 0.29) is 11.7 Å². The molecule has 1 aromatic rings. The second-order valence-electron chi connectivity index (χ2n) is 6.05. The van der Waals surface area contributed by atoms with Crippen LogP contribution in [0.3, 0.4) is 0 Å². The number of carbonyl (C=O) groups excluding carboxylic acids is 1. The van der Waals surface area contributed by atoms with Crippen molar-refractivity contribution in [2.24, 2.45) is 0 Å². The van der Waals surface area contributed by atoms with E-state index in [4.69, 9.17) is 4.74 Å². The normalized spacial score (nSPS) is 22.3. The maximum absolute atomic E-state index is 12.4. The highest BCUT2D eigenvalue weighted by Gasteiger charge is 2.26. The molecule has 6 nitrogen and oxygen atoms in total. The van der Waals surface area contributed by atoms with Gasteiger partial charge in [-0.25, -0.2) is 12.7 Å². The number of ether oxygens (including phenoxy) is 1. The summed E-state index contributed by atoms with van der Waals surface area (Å²) in [5.74, 6) is -0.196. The number of carbonyl (C=O) groups is 1. The number of hydrogen-bond donors (Lipinski definition) is 1. The van der Waals surface area contributed by atoms with E-state index in [0.717, 1.165) is 25.7 Å². The van der Waals surface area contributed by atoms with Crippen LogP contribution in [0.4, 0.5) is 5.69 Å². The number of hydrogen-bond acceptors (Lipinski definition) is 4. The van der Waals surface area contributed by atoms with Crippen LogP contribution in [0.2, 0.25) is 0 Å². The van der Waals surface area contributed by atoms with Gasteiger partial charge in [-0.05, 0) is 43.4 Å². The van der Waals surface area contributed by atoms with Gasteiger partial charge < -0.3 is 10.1 Å². The van der Waals surface area contributed by atoms with Crippen LogP contribution >= 0.6 is 0 Å². The molecule has 2 aliphatic heterocycles. The van der Waals surface area contributed by atoms with Crippen molar-refractivity contribution in [1.29, 1.82) is 0 Å². The lowest BCUT2D eigenvalue weighted by Gasteiger charge is -2.16. The first-order valence-electron chi connectivity index (χ1n) is 8.04. The zero-order valence-electron chi connectivity index (χ0n) is 13.0. The van der Waals surface area contributed by atoms with Crippen LogP contribution < -0.4 is 5.32 Å². The summed E-state index contributed by atoms with van der Waals surface area (Å²) in [5.41, 5.74) is 1.29. The number of sulfonamides is 1. The summed E-state index contributed by atoms with van der Waals surface area (Å²) in [7, 11) is -3.28. The van der Waals surface area contributed by atoms with Gasteiger partial charge in [-0.3, -0.25) is 4.79 Å². The monoisotopic (exact) mass is 338 g/mol. The van der Waals surface area contributed by atoms with Crippen LogP contribution in [-0.4, -0.2) is 44.4 Å². The van der Waals surface area contributed by atoms with Crippen LogP contribution in [0.5, 0.6) is 0 Å². The molecular weight excluding hydrogens is 316 g/mol. The second kappa shape index (κ2) is 6.98. The van der Waals surface area contributed by atoms with Crippen molar-refractivity contribution < 1.29 is 17.9 Å². The van der Waals surface area contributed by atoms with Gasteiger partial charge in [-0.2, -0.15) is 0 Å². The van der Waals surface area contributed by atoms with Gasteiger partial charge in [0.15, 0.2) is 0 Å². The maximum atomic E-state index is 12.4. The zero-order chi connectivity index (χ0) is 16.3. The molecule has 1 amide bonds. The molecule has 126 valence electrons. The predicted molar refractivity (Wildman–Crippen MR) is 87.5 cm³/mol. The highest BCUT2D eigenvalue weighted by molar-refractivity contribution is 7.88. The van der Waals surface area contributed by atoms with Gasteiger partial charge in [0.1, 0.15) is 6.10 Å². The summed E-state index contributed by atoms with van der Waals surface area (Å²) in [6, 6.07) is 7.02. The Labute approximate surface area is 136 Å². The molecule has 2 heterocycles. The topological polar surface area (TPSA) is 75.7 Å². The molecule has 0 bridgehead atoms. The number of nitrogens with zero attached hydrogens (tertiary/aromatic N) is 1. The highest BCUT2D eigenvalue weighted by atomic mass is 32.2. The van der Waals surface area contributed by atoms with E-state index >= 15 is 0 Å². The lowest BCUT2D eigenvalue weighted by molar-refractivity contribution is -0.124. The first-order valence-corrected chi connectivity index (χ1v) is 9.65. The van der Waals surface area contributed by atoms with Crippen LogP contribution in [0.1, 0.15) is 31.2 Å². The van der Waals surface area contributed by atoms with E-state index in [1.807, 2.05) is 0 Å². The third-order valence-electron chi connectivity index (χ3n) is 4.22. The van der Waals surface area contributed by atoms with E-state index in [9.17, 15) is 13.2 Å². The summed E-state index contributed by atoms with van der Waals surface area (Å²) in [5, 5.41) is 2.81. The second-order valence-corrected chi connectivity index (χ2v) is 8.02. The van der Waals surface area contributed by atoms with Gasteiger partial charge in [0, 0.05) is 25.4 Å². The largest absolute Gasteiger partial charge is 0.368 e. The van der Waals surface area contributed by atoms with Crippen molar-refractivity contribution in [2.75, 3.05) is 25.0 Å². The van der Waals surface area contributed by atoms with Gasteiger partial charge in [-0.1, -0.05) is 12.1 Å². The van der Waals surface area contributed by atoms with Crippen molar-refractivity contribution in [1.82, 2.24) is 4.31 Å². The Bertz CT molecular complexity index is 662. The van der Waals surface area contributed by atoms with E-state index < -0.39 is 16.1 Å². The fourth-order valence-electron chi connectivity index (χ4n) is 3.01. The van der Waals surface area contributed by atoms with Gasteiger partial charge in [0.2, 0.25) is 10.0 Å². The van der Waals surface area contributed by atoms with Crippen LogP contribution in [0, 0.1) is 0 Å². The SMILES string of the molecule is O=C(Nc1cccc(CS(=O)(=O)N2CCCC2)c1)C1CCCO1. The smallest absolute Gasteiger partial charge is 0.253 e. The molecule has 2 aliphatic rings. The summed E-state index contributed by atoms with van der Waals surface area (Å²) in [6.07, 6.45) is 3.08. The number of benzene rings is 1. The van der Waals surface area contributed by atoms with Crippen molar-refractivity contribution in [3.63, 3.8) is 0 Å². The molecule has 0 aromatic heterocycles. The minimum atomic E-state index is -3.28. The number of anilines is 1. The number of nitrogens with one attached hydrogen (secondary N) is 1. The summed E-state index contributed by atoms with van der Waals surface area (Å²) in [4.78, 5) is 12.1. The Hall–Kier alpha value is -1.44. The summed E-state index contributed by atoms with van der Waals surface area (Å²) >= 11 is 0. The van der Waals surface area contributed by atoms with Crippen molar-refractivity contribution in [3.8, 4) is 0 Å². The molecule has 7 heteroatoms. The Morgan fingerprint density at radius 3 is 2.74 bits per heavy atom. The lowest BCUT2D eigenvalue weighted by Crippen LogP contribution is -2.29. The Kier molecular flexibility index (Phi) is 4.99. The zero-order valence-corrected chi connectivity index (χ0v) is 13.8. The average molecular weight is 338 g/mol. The molecule has 0 saturated carbocycles. The average Bonchev–Trinajstić information content (AvgIpc) is 3.21.